The molecule has 1 heterocycles. The van der Waals surface area contributed by atoms with Crippen molar-refractivity contribution in [2.45, 2.75) is 354 Å². The van der Waals surface area contributed by atoms with Gasteiger partial charge >= 0.3 is 15.6 Å². The third kappa shape index (κ3) is 53.2. The molecule has 0 aliphatic carbocycles. The molecule has 1 saturated heterocycles. The molecule has 586 valence electrons. The van der Waals surface area contributed by atoms with Crippen LogP contribution in [0, 0.1) is 5.92 Å². The molecule has 0 bridgehead atoms. The maximum absolute atomic E-state index is 12.7. The zero-order valence-electron chi connectivity index (χ0n) is 67.9. The number of phosphoric ester groups is 2. The van der Waals surface area contributed by atoms with Gasteiger partial charge in [-0.1, -0.05) is 182 Å². The predicted molar refractivity (Wildman–Crippen MR) is 437 cm³/mol. The number of ether oxygens (including phenoxy) is 1. The second-order valence-electron chi connectivity index (χ2n) is 30.4. The molecule has 0 saturated carbocycles. The lowest BCUT2D eigenvalue weighted by atomic mass is 9.97. The van der Waals surface area contributed by atoms with E-state index in [1.54, 1.807) is 0 Å². The Morgan fingerprint density at radius 2 is 0.621 bits per heavy atom. The molecule has 3 unspecified atom stereocenters. The highest BCUT2D eigenvalue weighted by Gasteiger charge is 2.49. The Hall–Kier alpha value is -4.33. The summed E-state index contributed by atoms with van der Waals surface area (Å²) in [7, 11) is -10.5. The van der Waals surface area contributed by atoms with Crippen LogP contribution in [0.4, 0.5) is 0 Å². The third-order valence-electron chi connectivity index (χ3n) is 19.2. The first-order valence-electron chi connectivity index (χ1n) is 39.1. The number of hydrogen-bond donors (Lipinski definition) is 6. The van der Waals surface area contributed by atoms with Crippen LogP contribution in [-0.4, -0.2) is 74.9 Å². The molecule has 1 amide bonds. The van der Waals surface area contributed by atoms with Crippen LogP contribution in [0.1, 0.15) is 324 Å². The minimum Gasteiger partial charge on any atom is -0.394 e. The van der Waals surface area contributed by atoms with Gasteiger partial charge in [-0.3, -0.25) is 13.8 Å². The first-order chi connectivity index (χ1) is 48.7. The number of aliphatic hydroxyl groups excluding tert-OH is 3. The topological polar surface area (TPSA) is 201 Å². The van der Waals surface area contributed by atoms with Crippen molar-refractivity contribution < 1.29 is 57.1 Å². The lowest BCUT2D eigenvalue weighted by molar-refractivity contribution is -0.247. The summed E-state index contributed by atoms with van der Waals surface area (Å²) in [5.74, 6) is -0.603. The van der Waals surface area contributed by atoms with Gasteiger partial charge in [0, 0.05) is 6.92 Å². The summed E-state index contributed by atoms with van der Waals surface area (Å²) in [5, 5.41) is 32.2. The Morgan fingerprint density at radius 1 is 0.379 bits per heavy atom. The van der Waals surface area contributed by atoms with Gasteiger partial charge in [0.15, 0.2) is 6.29 Å². The molecule has 8 atom stereocenters. The van der Waals surface area contributed by atoms with E-state index in [1.807, 2.05) is 6.92 Å². The molecule has 103 heavy (non-hydrogen) atoms. The molecule has 1 fully saturated rings. The molecule has 6 N–H and O–H groups in total. The highest BCUT2D eigenvalue weighted by molar-refractivity contribution is 7.61. The Kier molecular flexibility index (Phi) is 53.4. The van der Waals surface area contributed by atoms with Gasteiger partial charge in [-0.25, -0.2) is 9.13 Å². The summed E-state index contributed by atoms with van der Waals surface area (Å²) >= 11 is 0. The van der Waals surface area contributed by atoms with Crippen LogP contribution in [0.2, 0.25) is 0 Å². The van der Waals surface area contributed by atoms with Crippen LogP contribution >= 0.6 is 15.6 Å². The zero-order valence-corrected chi connectivity index (χ0v) is 69.7. The van der Waals surface area contributed by atoms with Gasteiger partial charge in [0.1, 0.15) is 24.4 Å². The SMILES string of the molecule is CC(=O)N[C@H]1[C@@H](OP(=O)(O)OP(=O)(O)OCCC(C)CC/C=C(\C)CC/C=C(\C)CC/C=C(\C)CC/C=C(\C)CC/C=C(/C)CC/C=C(\C)CC/C=C(\C)CC/C=C(\C)CC/C=C(\C)CC/C=C(/C)CC/C=C(\C)CC/C=C(\C)CC/C=C(\C)CC/C=C(\C)CCC=C(C)C)O[C@H](CO)[C@@H](O)[C@@H]1O. The Labute approximate surface area is 628 Å². The molecule has 0 aromatic carbocycles. The maximum atomic E-state index is 12.7. The number of carbonyl (C=O) groups is 1. The fourth-order valence-electron chi connectivity index (χ4n) is 12.1. The average molecular weight is 1470 g/mol. The normalized spacial score (nSPS) is 20.4. The molecule has 0 aromatic rings. The number of aliphatic hydroxyl groups is 3. The van der Waals surface area contributed by atoms with E-state index in [0.717, 1.165) is 180 Å². The fraction of sp³-hybridized carbons (Fsp3) is 0.648. The number of hydrogen-bond acceptors (Lipinski definition) is 10. The summed E-state index contributed by atoms with van der Waals surface area (Å²) in [6.45, 7) is 38.2. The second-order valence-corrected chi connectivity index (χ2v) is 33.4. The Balaban J connectivity index is 2.27. The van der Waals surface area contributed by atoms with Gasteiger partial charge in [-0.05, 0) is 316 Å². The van der Waals surface area contributed by atoms with Crippen molar-refractivity contribution in [3.05, 3.63) is 175 Å². The van der Waals surface area contributed by atoms with Crippen molar-refractivity contribution in [3.63, 3.8) is 0 Å². The van der Waals surface area contributed by atoms with Crippen LogP contribution in [0.25, 0.3) is 0 Å². The number of carbonyl (C=O) groups excluding carboxylic acids is 1. The van der Waals surface area contributed by atoms with Crippen LogP contribution in [0.15, 0.2) is 175 Å². The van der Waals surface area contributed by atoms with E-state index in [4.69, 9.17) is 13.8 Å². The fourth-order valence-corrected chi connectivity index (χ4v) is 14.3. The van der Waals surface area contributed by atoms with Crippen LogP contribution in [-0.2, 0) is 32.0 Å². The molecule has 13 nitrogen and oxygen atoms in total. The van der Waals surface area contributed by atoms with E-state index < -0.39 is 58.8 Å². The Morgan fingerprint density at radius 3 is 0.854 bits per heavy atom. The molecule has 1 aliphatic rings. The van der Waals surface area contributed by atoms with Gasteiger partial charge in [0.05, 0.1) is 13.2 Å². The van der Waals surface area contributed by atoms with Crippen LogP contribution < -0.4 is 5.32 Å². The lowest BCUT2D eigenvalue weighted by Gasteiger charge is -2.42. The number of allylic oxidation sites excluding steroid dienone is 30. The van der Waals surface area contributed by atoms with E-state index in [0.29, 0.717) is 6.42 Å². The van der Waals surface area contributed by atoms with E-state index in [9.17, 15) is 39.0 Å². The van der Waals surface area contributed by atoms with Crippen molar-refractivity contribution in [3.8, 4) is 0 Å². The Bertz CT molecular complexity index is 3060. The molecule has 0 radical (unpaired) electrons. The largest absolute Gasteiger partial charge is 0.483 e. The molecule has 1 aliphatic heterocycles. The monoisotopic (exact) mass is 1470 g/mol. The van der Waals surface area contributed by atoms with E-state index >= 15 is 0 Å². The van der Waals surface area contributed by atoms with E-state index in [2.05, 4.69) is 212 Å². The first kappa shape index (κ1) is 96.7. The predicted octanol–water partition coefficient (Wildman–Crippen LogP) is 25.1. The number of rotatable bonds is 55. The number of nitrogens with one attached hydrogen (secondary N) is 1. The van der Waals surface area contributed by atoms with Crippen molar-refractivity contribution in [2.75, 3.05) is 13.2 Å². The van der Waals surface area contributed by atoms with E-state index in [1.165, 1.54) is 103 Å². The zero-order chi connectivity index (χ0) is 77.2. The van der Waals surface area contributed by atoms with Gasteiger partial charge in [0.25, 0.3) is 0 Å². The minimum absolute atomic E-state index is 0.0980. The van der Waals surface area contributed by atoms with Crippen LogP contribution in [0.3, 0.4) is 0 Å². The standard InChI is InChI=1S/C88H147NO12P2/c1-67(2)34-19-35-68(3)36-20-37-69(4)38-21-39-70(5)40-22-41-71(6)42-23-43-72(7)44-24-45-73(8)46-25-47-74(9)48-26-49-75(10)50-27-51-76(11)52-28-53-77(12)54-29-55-78(13)56-30-57-79(14)58-31-59-80(15)60-32-61-81(16)62-33-63-82(17)64-65-98-102(94,95)101-103(96,97)100-88-85(89-83(18)91)87(93)86(92)84(66-90)99-88/h34,36,38,40,42,44,46,48,50,52,54,56,58,60,62,82,84-88,90,92-93H,19-33,35,37,39,41,43,45,47,49,51,53,55,57,59,61,63-66H2,1-18H3,(H,89,91)(H,94,95)(H,96,97)/b68-36+,69-38+,70-40+,71-42+,72-44-,73-46+,74-48+,75-50+,76-52+,77-54-,78-56+,79-58+,80-60+,81-62+/t82?,84-,85-,86-,87-,88-/m1/s1. The smallest absolute Gasteiger partial charge is 0.394 e. The summed E-state index contributed by atoms with van der Waals surface area (Å²) in [6.07, 6.45) is 62.6. The number of amides is 1. The van der Waals surface area contributed by atoms with Gasteiger partial charge in [-0.2, -0.15) is 4.31 Å². The molecule has 0 spiro atoms. The van der Waals surface area contributed by atoms with Gasteiger partial charge < -0.3 is 35.2 Å². The van der Waals surface area contributed by atoms with E-state index in [-0.39, 0.29) is 12.5 Å². The molecular weight excluding hydrogens is 1320 g/mol. The molecule has 1 rings (SSSR count). The highest BCUT2D eigenvalue weighted by Crippen LogP contribution is 2.61. The summed E-state index contributed by atoms with van der Waals surface area (Å²) < 4.78 is 44.7. The van der Waals surface area contributed by atoms with Crippen molar-refractivity contribution in [1.82, 2.24) is 5.32 Å². The minimum atomic E-state index is -5.41. The van der Waals surface area contributed by atoms with Gasteiger partial charge in [0.2, 0.25) is 5.91 Å². The molecular formula is C88H147NO12P2. The van der Waals surface area contributed by atoms with Crippen LogP contribution in [0.5, 0.6) is 0 Å². The third-order valence-corrected chi connectivity index (χ3v) is 21.8. The molecule has 0 aromatic heterocycles. The summed E-state index contributed by atoms with van der Waals surface area (Å²) in [6, 6.07) is -1.57. The first-order valence-corrected chi connectivity index (χ1v) is 42.1. The van der Waals surface area contributed by atoms with Crippen molar-refractivity contribution >= 4 is 21.6 Å². The van der Waals surface area contributed by atoms with Crippen molar-refractivity contribution in [1.29, 1.82) is 0 Å². The molecule has 15 heteroatoms. The highest BCUT2D eigenvalue weighted by atomic mass is 31.3. The maximum Gasteiger partial charge on any atom is 0.483 e. The second kappa shape index (κ2) is 56.9. The summed E-state index contributed by atoms with van der Waals surface area (Å²) in [5.41, 5.74) is 22.1. The lowest BCUT2D eigenvalue weighted by Crippen LogP contribution is -2.64. The van der Waals surface area contributed by atoms with Crippen molar-refractivity contribution in [2.24, 2.45) is 5.92 Å². The van der Waals surface area contributed by atoms with Gasteiger partial charge in [-0.15, -0.1) is 0 Å². The number of phosphoric acid groups is 2. The summed E-state index contributed by atoms with van der Waals surface area (Å²) in [4.78, 5) is 32.1. The quantitative estimate of drug-likeness (QED) is 0.0249. The average Bonchev–Trinajstić information content (AvgIpc) is 0.794.